The van der Waals surface area contributed by atoms with Gasteiger partial charge in [-0.25, -0.2) is 0 Å². The Labute approximate surface area is 177 Å². The van der Waals surface area contributed by atoms with E-state index in [0.717, 1.165) is 56.0 Å². The van der Waals surface area contributed by atoms with E-state index in [4.69, 9.17) is 9.47 Å². The second-order valence-corrected chi connectivity index (χ2v) is 7.06. The standard InChI is InChI=1S/C20H29N5O3.ClH/c1-27-9-3-8-25-14-23-24-19(25)13-22-20(26)16-4-5-18(28-2)17(11-16)10-15-6-7-21-12-15;/h4-5,11,14-15,21H,3,6-10,12-13H2,1-2H3,(H,22,26);1H. The maximum atomic E-state index is 12.7. The van der Waals surface area contributed by atoms with Gasteiger partial charge in [0.2, 0.25) is 0 Å². The van der Waals surface area contributed by atoms with Gasteiger partial charge in [0.15, 0.2) is 5.82 Å². The van der Waals surface area contributed by atoms with Crippen molar-refractivity contribution in [2.75, 3.05) is 33.9 Å². The molecule has 1 aliphatic heterocycles. The number of aryl methyl sites for hydroxylation is 1. The molecule has 2 aromatic rings. The number of ether oxygens (including phenoxy) is 2. The van der Waals surface area contributed by atoms with Crippen LogP contribution in [0.5, 0.6) is 5.75 Å². The van der Waals surface area contributed by atoms with Gasteiger partial charge in [-0.05, 0) is 62.0 Å². The number of aromatic nitrogens is 3. The van der Waals surface area contributed by atoms with Gasteiger partial charge in [-0.15, -0.1) is 22.6 Å². The van der Waals surface area contributed by atoms with Crippen molar-refractivity contribution in [3.05, 3.63) is 41.5 Å². The van der Waals surface area contributed by atoms with Crippen LogP contribution in [0.3, 0.4) is 0 Å². The van der Waals surface area contributed by atoms with Gasteiger partial charge < -0.3 is 24.7 Å². The third-order valence-corrected chi connectivity index (χ3v) is 5.06. The number of rotatable bonds is 10. The fourth-order valence-electron chi connectivity index (χ4n) is 3.52. The van der Waals surface area contributed by atoms with Crippen molar-refractivity contribution >= 4 is 18.3 Å². The Balaban J connectivity index is 0.00000300. The number of hydrogen-bond donors (Lipinski definition) is 2. The lowest BCUT2D eigenvalue weighted by atomic mass is 9.96. The zero-order valence-corrected chi connectivity index (χ0v) is 17.8. The SMILES string of the molecule is COCCCn1cnnc1CNC(=O)c1ccc(OC)c(CC2CCNC2)c1.Cl. The van der Waals surface area contributed by atoms with Crippen LogP contribution in [0.4, 0.5) is 0 Å². The smallest absolute Gasteiger partial charge is 0.251 e. The van der Waals surface area contributed by atoms with Crippen LogP contribution < -0.4 is 15.4 Å². The Morgan fingerprint density at radius 3 is 2.97 bits per heavy atom. The fraction of sp³-hybridized carbons (Fsp3) is 0.550. The van der Waals surface area contributed by atoms with Crippen molar-refractivity contribution in [1.82, 2.24) is 25.4 Å². The van der Waals surface area contributed by atoms with E-state index in [1.165, 1.54) is 0 Å². The van der Waals surface area contributed by atoms with E-state index >= 15 is 0 Å². The molecule has 0 spiro atoms. The molecule has 2 N–H and O–H groups in total. The van der Waals surface area contributed by atoms with Crippen molar-refractivity contribution in [1.29, 1.82) is 0 Å². The Morgan fingerprint density at radius 2 is 2.24 bits per heavy atom. The molecule has 1 aliphatic rings. The summed E-state index contributed by atoms with van der Waals surface area (Å²) in [5, 5.41) is 14.4. The lowest BCUT2D eigenvalue weighted by Gasteiger charge is -2.14. The monoisotopic (exact) mass is 423 g/mol. The molecule has 8 nitrogen and oxygen atoms in total. The molecule has 0 saturated carbocycles. The van der Waals surface area contributed by atoms with E-state index in [-0.39, 0.29) is 18.3 Å². The Hall–Kier alpha value is -2.16. The maximum Gasteiger partial charge on any atom is 0.251 e. The van der Waals surface area contributed by atoms with Gasteiger partial charge >= 0.3 is 0 Å². The molecular weight excluding hydrogens is 394 g/mol. The summed E-state index contributed by atoms with van der Waals surface area (Å²) in [6.07, 6.45) is 4.61. The van der Waals surface area contributed by atoms with Crippen molar-refractivity contribution in [2.45, 2.75) is 32.4 Å². The summed E-state index contributed by atoms with van der Waals surface area (Å²) in [4.78, 5) is 12.7. The molecule has 1 aromatic heterocycles. The average Bonchev–Trinajstić information content (AvgIpc) is 3.38. The van der Waals surface area contributed by atoms with Gasteiger partial charge in [-0.2, -0.15) is 0 Å². The highest BCUT2D eigenvalue weighted by Gasteiger charge is 2.18. The normalized spacial score (nSPS) is 15.7. The summed E-state index contributed by atoms with van der Waals surface area (Å²) < 4.78 is 12.5. The average molecular weight is 424 g/mol. The van der Waals surface area contributed by atoms with E-state index in [0.29, 0.717) is 24.6 Å². The van der Waals surface area contributed by atoms with Crippen LogP contribution in [-0.2, 0) is 24.2 Å². The third-order valence-electron chi connectivity index (χ3n) is 5.06. The van der Waals surface area contributed by atoms with Crippen LogP contribution in [0.25, 0.3) is 0 Å². The minimum atomic E-state index is -0.125. The number of amides is 1. The quantitative estimate of drug-likeness (QED) is 0.566. The van der Waals surface area contributed by atoms with E-state index < -0.39 is 0 Å². The number of methoxy groups -OCH3 is 2. The van der Waals surface area contributed by atoms with E-state index in [9.17, 15) is 4.79 Å². The number of hydrogen-bond acceptors (Lipinski definition) is 6. The zero-order valence-electron chi connectivity index (χ0n) is 17.0. The van der Waals surface area contributed by atoms with Crippen LogP contribution in [0.2, 0.25) is 0 Å². The van der Waals surface area contributed by atoms with Crippen molar-refractivity contribution < 1.29 is 14.3 Å². The number of carbonyl (C=O) groups is 1. The first-order valence-electron chi connectivity index (χ1n) is 9.72. The molecular formula is C20H30ClN5O3. The minimum Gasteiger partial charge on any atom is -0.496 e. The number of halogens is 1. The molecule has 1 amide bonds. The second-order valence-electron chi connectivity index (χ2n) is 7.06. The molecule has 160 valence electrons. The second kappa shape index (κ2) is 11.7. The first-order chi connectivity index (χ1) is 13.7. The molecule has 1 fully saturated rings. The lowest BCUT2D eigenvalue weighted by molar-refractivity contribution is 0.0949. The summed E-state index contributed by atoms with van der Waals surface area (Å²) in [6, 6.07) is 5.61. The first-order valence-corrected chi connectivity index (χ1v) is 9.72. The third kappa shape index (κ3) is 6.42. The Bertz CT molecular complexity index is 777. The van der Waals surface area contributed by atoms with Gasteiger partial charge in [-0.3, -0.25) is 4.79 Å². The molecule has 0 bridgehead atoms. The first kappa shape index (κ1) is 23.1. The molecule has 9 heteroatoms. The van der Waals surface area contributed by atoms with Gasteiger partial charge in [-0.1, -0.05) is 0 Å². The number of carbonyl (C=O) groups excluding carboxylic acids is 1. The molecule has 0 radical (unpaired) electrons. The topological polar surface area (TPSA) is 90.3 Å². The highest BCUT2D eigenvalue weighted by molar-refractivity contribution is 5.94. The molecule has 0 aliphatic carbocycles. The highest BCUT2D eigenvalue weighted by Crippen LogP contribution is 2.25. The zero-order chi connectivity index (χ0) is 19.8. The van der Waals surface area contributed by atoms with Crippen molar-refractivity contribution in [3.8, 4) is 5.75 Å². The van der Waals surface area contributed by atoms with Gasteiger partial charge in [0, 0.05) is 25.8 Å². The summed E-state index contributed by atoms with van der Waals surface area (Å²) in [7, 11) is 3.35. The predicted octanol–water partition coefficient (Wildman–Crippen LogP) is 1.83. The van der Waals surface area contributed by atoms with E-state index in [1.807, 2.05) is 16.7 Å². The van der Waals surface area contributed by atoms with Crippen LogP contribution in [0, 0.1) is 5.92 Å². The van der Waals surface area contributed by atoms with Crippen LogP contribution in [-0.4, -0.2) is 54.6 Å². The van der Waals surface area contributed by atoms with Crippen molar-refractivity contribution in [3.63, 3.8) is 0 Å². The molecule has 2 heterocycles. The summed E-state index contributed by atoms with van der Waals surface area (Å²) in [5.41, 5.74) is 1.71. The maximum absolute atomic E-state index is 12.7. The van der Waals surface area contributed by atoms with E-state index in [1.54, 1.807) is 26.6 Å². The fourth-order valence-corrected chi connectivity index (χ4v) is 3.52. The predicted molar refractivity (Wildman–Crippen MR) is 113 cm³/mol. The van der Waals surface area contributed by atoms with Crippen LogP contribution in [0.15, 0.2) is 24.5 Å². The molecule has 1 atom stereocenters. The lowest BCUT2D eigenvalue weighted by Crippen LogP contribution is -2.25. The Morgan fingerprint density at radius 1 is 1.38 bits per heavy atom. The van der Waals surface area contributed by atoms with Gasteiger partial charge in [0.25, 0.3) is 5.91 Å². The molecule has 3 rings (SSSR count). The summed E-state index contributed by atoms with van der Waals surface area (Å²) in [5.74, 6) is 2.02. The van der Waals surface area contributed by atoms with Crippen LogP contribution >= 0.6 is 12.4 Å². The molecule has 29 heavy (non-hydrogen) atoms. The van der Waals surface area contributed by atoms with E-state index in [2.05, 4.69) is 20.8 Å². The number of nitrogens with one attached hydrogen (secondary N) is 2. The van der Waals surface area contributed by atoms with Gasteiger partial charge in [0.05, 0.1) is 13.7 Å². The summed E-state index contributed by atoms with van der Waals surface area (Å²) >= 11 is 0. The highest BCUT2D eigenvalue weighted by atomic mass is 35.5. The van der Waals surface area contributed by atoms with Gasteiger partial charge in [0.1, 0.15) is 12.1 Å². The number of nitrogens with zero attached hydrogens (tertiary/aromatic N) is 3. The molecule has 1 saturated heterocycles. The van der Waals surface area contributed by atoms with Crippen LogP contribution in [0.1, 0.15) is 34.6 Å². The Kier molecular flexibility index (Phi) is 9.37. The number of benzene rings is 1. The minimum absolute atomic E-state index is 0. The largest absolute Gasteiger partial charge is 0.496 e. The summed E-state index contributed by atoms with van der Waals surface area (Å²) in [6.45, 7) is 3.83. The van der Waals surface area contributed by atoms with Crippen molar-refractivity contribution in [2.24, 2.45) is 5.92 Å². The molecule has 1 aromatic carbocycles. The molecule has 1 unspecified atom stereocenters.